The van der Waals surface area contributed by atoms with E-state index in [1.807, 2.05) is 30.3 Å². The Morgan fingerprint density at radius 3 is 2.53 bits per heavy atom. The molecule has 0 aromatic heterocycles. The zero-order chi connectivity index (χ0) is 10.9. The van der Waals surface area contributed by atoms with Gasteiger partial charge in [-0.25, -0.2) is 4.79 Å². The Morgan fingerprint density at radius 2 is 1.87 bits per heavy atom. The van der Waals surface area contributed by atoms with Gasteiger partial charge in [-0.05, 0) is 19.1 Å². The molecule has 0 unspecified atom stereocenters. The highest BCUT2D eigenvalue weighted by Crippen LogP contribution is 2.07. The second kappa shape index (κ2) is 6.70. The summed E-state index contributed by atoms with van der Waals surface area (Å²) in [6.45, 7) is 2.55. The second-order valence-corrected chi connectivity index (χ2v) is 2.69. The molecule has 0 aliphatic carbocycles. The van der Waals surface area contributed by atoms with Crippen molar-refractivity contribution in [2.24, 2.45) is 0 Å². The zero-order valence-corrected chi connectivity index (χ0v) is 8.64. The molecular formula is C11H14O4. The van der Waals surface area contributed by atoms with Crippen LogP contribution in [0.1, 0.15) is 6.92 Å². The molecule has 0 spiro atoms. The van der Waals surface area contributed by atoms with Crippen molar-refractivity contribution in [1.29, 1.82) is 0 Å². The Bertz CT molecular complexity index is 284. The van der Waals surface area contributed by atoms with E-state index in [1.54, 1.807) is 6.92 Å². The third-order valence-corrected chi connectivity index (χ3v) is 1.58. The lowest BCUT2D eigenvalue weighted by Crippen LogP contribution is -2.13. The first-order chi connectivity index (χ1) is 7.33. The van der Waals surface area contributed by atoms with Crippen LogP contribution >= 0.6 is 0 Å². The van der Waals surface area contributed by atoms with Crippen LogP contribution in [0.2, 0.25) is 0 Å². The number of carbonyl (C=O) groups is 1. The average molecular weight is 210 g/mol. The standard InChI is InChI=1S/C11H14O4/c1-2-13-11(12)15-9-8-14-10-6-4-3-5-7-10/h3-7H,2,8-9H2,1H3. The van der Waals surface area contributed by atoms with E-state index in [9.17, 15) is 4.79 Å². The molecule has 0 bridgehead atoms. The molecule has 0 radical (unpaired) electrons. The number of rotatable bonds is 5. The van der Waals surface area contributed by atoms with Gasteiger partial charge in [-0.2, -0.15) is 0 Å². The third kappa shape index (κ3) is 4.90. The van der Waals surface area contributed by atoms with E-state index in [-0.39, 0.29) is 6.61 Å². The Hall–Kier alpha value is -1.71. The van der Waals surface area contributed by atoms with Crippen LogP contribution < -0.4 is 4.74 Å². The van der Waals surface area contributed by atoms with E-state index in [0.717, 1.165) is 5.75 Å². The molecule has 0 saturated heterocycles. The fraction of sp³-hybridized carbons (Fsp3) is 0.364. The van der Waals surface area contributed by atoms with Gasteiger partial charge in [0.05, 0.1) is 6.61 Å². The summed E-state index contributed by atoms with van der Waals surface area (Å²) in [5.41, 5.74) is 0. The largest absolute Gasteiger partial charge is 0.508 e. The molecule has 1 aromatic rings. The smallest absolute Gasteiger partial charge is 0.490 e. The number of ether oxygens (including phenoxy) is 3. The highest BCUT2D eigenvalue weighted by atomic mass is 16.7. The molecule has 0 atom stereocenters. The summed E-state index contributed by atoms with van der Waals surface area (Å²) in [4.78, 5) is 10.8. The number of benzene rings is 1. The van der Waals surface area contributed by atoms with E-state index >= 15 is 0 Å². The van der Waals surface area contributed by atoms with Gasteiger partial charge < -0.3 is 14.2 Å². The molecule has 4 heteroatoms. The number of carbonyl (C=O) groups excluding carboxylic acids is 1. The fourth-order valence-electron chi connectivity index (χ4n) is 0.961. The normalized spacial score (nSPS) is 9.40. The van der Waals surface area contributed by atoms with Gasteiger partial charge in [-0.3, -0.25) is 0 Å². The van der Waals surface area contributed by atoms with Crippen molar-refractivity contribution < 1.29 is 19.0 Å². The third-order valence-electron chi connectivity index (χ3n) is 1.58. The summed E-state index contributed by atoms with van der Waals surface area (Å²) in [7, 11) is 0. The van der Waals surface area contributed by atoms with Gasteiger partial charge in [0.15, 0.2) is 0 Å². The maximum Gasteiger partial charge on any atom is 0.508 e. The van der Waals surface area contributed by atoms with Crippen LogP contribution in [-0.2, 0) is 9.47 Å². The summed E-state index contributed by atoms with van der Waals surface area (Å²) in [5.74, 6) is 0.755. The van der Waals surface area contributed by atoms with E-state index in [2.05, 4.69) is 4.74 Å². The molecule has 0 N–H and O–H groups in total. The Morgan fingerprint density at radius 1 is 1.13 bits per heavy atom. The van der Waals surface area contributed by atoms with Crippen LogP contribution in [0.4, 0.5) is 4.79 Å². The van der Waals surface area contributed by atoms with E-state index in [4.69, 9.17) is 9.47 Å². The van der Waals surface area contributed by atoms with Crippen LogP contribution in [0.25, 0.3) is 0 Å². The van der Waals surface area contributed by atoms with Gasteiger partial charge in [0.1, 0.15) is 19.0 Å². The SMILES string of the molecule is CCOC(=O)OCCOc1ccccc1. The summed E-state index contributed by atoms with van der Waals surface area (Å²) >= 11 is 0. The molecule has 4 nitrogen and oxygen atoms in total. The first kappa shape index (κ1) is 11.4. The molecule has 0 heterocycles. The van der Waals surface area contributed by atoms with Crippen LogP contribution in [0.3, 0.4) is 0 Å². The molecule has 0 fully saturated rings. The maximum absolute atomic E-state index is 10.8. The van der Waals surface area contributed by atoms with Gasteiger partial charge in [0.2, 0.25) is 0 Å². The highest BCUT2D eigenvalue weighted by Gasteiger charge is 2.00. The molecular weight excluding hydrogens is 196 g/mol. The van der Waals surface area contributed by atoms with Crippen LogP contribution in [0.15, 0.2) is 30.3 Å². The fourth-order valence-corrected chi connectivity index (χ4v) is 0.961. The van der Waals surface area contributed by atoms with Gasteiger partial charge in [0, 0.05) is 0 Å². The molecule has 0 amide bonds. The molecule has 1 aromatic carbocycles. The van der Waals surface area contributed by atoms with E-state index < -0.39 is 6.16 Å². The summed E-state index contributed by atoms with van der Waals surface area (Å²) in [5, 5.41) is 0. The summed E-state index contributed by atoms with van der Waals surface area (Å²) < 4.78 is 14.6. The average Bonchev–Trinajstić information content (AvgIpc) is 2.26. The van der Waals surface area contributed by atoms with E-state index in [0.29, 0.717) is 13.2 Å². The minimum Gasteiger partial charge on any atom is -0.490 e. The van der Waals surface area contributed by atoms with Crippen LogP contribution in [0, 0.1) is 0 Å². The molecule has 15 heavy (non-hydrogen) atoms. The monoisotopic (exact) mass is 210 g/mol. The van der Waals surface area contributed by atoms with Gasteiger partial charge in [0.25, 0.3) is 0 Å². The summed E-state index contributed by atoms with van der Waals surface area (Å²) in [6, 6.07) is 9.33. The van der Waals surface area contributed by atoms with Crippen molar-refractivity contribution >= 4 is 6.16 Å². The van der Waals surface area contributed by atoms with Crippen LogP contribution in [0.5, 0.6) is 5.75 Å². The zero-order valence-electron chi connectivity index (χ0n) is 8.64. The Kier molecular flexibility index (Phi) is 5.08. The second-order valence-electron chi connectivity index (χ2n) is 2.69. The van der Waals surface area contributed by atoms with Crippen molar-refractivity contribution in [3.8, 4) is 5.75 Å². The first-order valence-corrected chi connectivity index (χ1v) is 4.80. The van der Waals surface area contributed by atoms with Crippen molar-refractivity contribution in [3.05, 3.63) is 30.3 Å². The molecule has 0 aliphatic rings. The Balaban J connectivity index is 2.10. The van der Waals surface area contributed by atoms with Crippen molar-refractivity contribution in [2.75, 3.05) is 19.8 Å². The summed E-state index contributed by atoms with van der Waals surface area (Å²) in [6.07, 6.45) is -0.658. The topological polar surface area (TPSA) is 44.8 Å². The minimum absolute atomic E-state index is 0.188. The lowest BCUT2D eigenvalue weighted by molar-refractivity contribution is 0.0495. The van der Waals surface area contributed by atoms with E-state index in [1.165, 1.54) is 0 Å². The molecule has 0 saturated carbocycles. The predicted octanol–water partition coefficient (Wildman–Crippen LogP) is 2.24. The van der Waals surface area contributed by atoms with Gasteiger partial charge >= 0.3 is 6.16 Å². The maximum atomic E-state index is 10.8. The molecule has 0 aliphatic heterocycles. The predicted molar refractivity (Wildman–Crippen MR) is 54.9 cm³/mol. The van der Waals surface area contributed by atoms with Crippen molar-refractivity contribution in [1.82, 2.24) is 0 Å². The van der Waals surface area contributed by atoms with Crippen LogP contribution in [-0.4, -0.2) is 26.0 Å². The number of hydrogen-bond donors (Lipinski definition) is 0. The van der Waals surface area contributed by atoms with Crippen molar-refractivity contribution in [2.45, 2.75) is 6.92 Å². The quantitative estimate of drug-likeness (QED) is 0.552. The molecule has 1 rings (SSSR count). The Labute approximate surface area is 88.8 Å². The minimum atomic E-state index is -0.658. The lowest BCUT2D eigenvalue weighted by Gasteiger charge is -2.06. The number of hydrogen-bond acceptors (Lipinski definition) is 4. The van der Waals surface area contributed by atoms with Gasteiger partial charge in [-0.1, -0.05) is 18.2 Å². The molecule has 82 valence electrons. The first-order valence-electron chi connectivity index (χ1n) is 4.80. The lowest BCUT2D eigenvalue weighted by atomic mass is 10.3. The van der Waals surface area contributed by atoms with Crippen molar-refractivity contribution in [3.63, 3.8) is 0 Å². The number of para-hydroxylation sites is 1. The van der Waals surface area contributed by atoms with Gasteiger partial charge in [-0.15, -0.1) is 0 Å². The highest BCUT2D eigenvalue weighted by molar-refractivity contribution is 5.59.